The van der Waals surface area contributed by atoms with Gasteiger partial charge in [-0.1, -0.05) is 42.5 Å². The van der Waals surface area contributed by atoms with Gasteiger partial charge in [0, 0.05) is 10.9 Å². The lowest BCUT2D eigenvalue weighted by Crippen LogP contribution is -2.13. The number of nitrogens with zero attached hydrogens (tertiary/aromatic N) is 3. The Morgan fingerprint density at radius 3 is 2.30 bits per heavy atom. The summed E-state index contributed by atoms with van der Waals surface area (Å²) in [4.78, 5) is 4.41. The van der Waals surface area contributed by atoms with Crippen molar-refractivity contribution in [2.75, 3.05) is 0 Å². The smallest absolute Gasteiger partial charge is 0.228 e. The predicted octanol–water partition coefficient (Wildman–Crippen LogP) is 4.57. The van der Waals surface area contributed by atoms with E-state index in [1.807, 2.05) is 0 Å². The maximum Gasteiger partial charge on any atom is 0.433 e. The lowest BCUT2D eigenvalue weighted by atomic mass is 10.1. The molecule has 0 aliphatic heterocycles. The Labute approximate surface area is 129 Å². The van der Waals surface area contributed by atoms with E-state index in [9.17, 15) is 13.2 Å². The molecular weight excluding hydrogens is 303 g/mol. The van der Waals surface area contributed by atoms with Crippen LogP contribution in [0.25, 0.3) is 27.8 Å². The molecule has 2 heterocycles. The van der Waals surface area contributed by atoms with E-state index in [-0.39, 0.29) is 11.3 Å². The van der Waals surface area contributed by atoms with Gasteiger partial charge in [-0.2, -0.15) is 18.3 Å². The highest BCUT2D eigenvalue weighted by Gasteiger charge is 2.35. The first-order valence-corrected chi connectivity index (χ1v) is 6.95. The van der Waals surface area contributed by atoms with E-state index in [4.69, 9.17) is 0 Å². The summed E-state index contributed by atoms with van der Waals surface area (Å²) in [6, 6.07) is 16.7. The zero-order chi connectivity index (χ0) is 16.0. The largest absolute Gasteiger partial charge is 0.433 e. The Kier molecular flexibility index (Phi) is 2.87. The van der Waals surface area contributed by atoms with E-state index in [2.05, 4.69) is 10.1 Å². The minimum Gasteiger partial charge on any atom is -0.228 e. The molecule has 0 aliphatic rings. The molecule has 0 spiro atoms. The zero-order valence-electron chi connectivity index (χ0n) is 11.7. The second-order valence-corrected chi connectivity index (χ2v) is 5.14. The van der Waals surface area contributed by atoms with Crippen LogP contribution in [0.15, 0.2) is 60.7 Å². The Balaban J connectivity index is 2.12. The molecule has 0 bridgehead atoms. The molecule has 0 saturated carbocycles. The van der Waals surface area contributed by atoms with Gasteiger partial charge in [0.2, 0.25) is 0 Å². The normalized spacial score (nSPS) is 12.1. The van der Waals surface area contributed by atoms with Crippen molar-refractivity contribution in [3.05, 3.63) is 66.4 Å². The fourth-order valence-corrected chi connectivity index (χ4v) is 2.59. The van der Waals surface area contributed by atoms with Gasteiger partial charge in [0.15, 0.2) is 11.3 Å². The topological polar surface area (TPSA) is 30.2 Å². The van der Waals surface area contributed by atoms with Crippen molar-refractivity contribution in [3.63, 3.8) is 0 Å². The lowest BCUT2D eigenvalue weighted by Gasteiger charge is -2.11. The molecule has 23 heavy (non-hydrogen) atoms. The molecule has 0 radical (unpaired) electrons. The molecule has 0 unspecified atom stereocenters. The Hall–Kier alpha value is -2.89. The van der Waals surface area contributed by atoms with Gasteiger partial charge in [-0.15, -0.1) is 0 Å². The Bertz CT molecular complexity index is 1000. The van der Waals surface area contributed by atoms with Crippen LogP contribution in [0.4, 0.5) is 13.2 Å². The van der Waals surface area contributed by atoms with Gasteiger partial charge in [-0.3, -0.25) is 0 Å². The number of aromatic nitrogens is 3. The quantitative estimate of drug-likeness (QED) is 0.515. The monoisotopic (exact) mass is 313 g/mol. The van der Waals surface area contributed by atoms with E-state index in [1.165, 1.54) is 0 Å². The van der Waals surface area contributed by atoms with Crippen molar-refractivity contribution in [2.24, 2.45) is 0 Å². The second kappa shape index (κ2) is 4.81. The molecule has 6 heteroatoms. The molecular formula is C17H10F3N3. The van der Waals surface area contributed by atoms with Crippen LogP contribution in [-0.2, 0) is 6.18 Å². The summed E-state index contributed by atoms with van der Waals surface area (Å²) in [7, 11) is 0. The standard InChI is InChI=1S/C17H10F3N3/c18-17(19,20)15-10-14(11-6-2-1-3-7-11)21-16-12-8-4-5-9-13(12)22-23(15)16/h1-10H. The maximum atomic E-state index is 13.5. The van der Waals surface area contributed by atoms with Gasteiger partial charge in [0.1, 0.15) is 0 Å². The Morgan fingerprint density at radius 2 is 1.57 bits per heavy atom. The summed E-state index contributed by atoms with van der Waals surface area (Å²) in [6.07, 6.45) is -4.52. The molecule has 0 aliphatic carbocycles. The van der Waals surface area contributed by atoms with E-state index in [1.54, 1.807) is 54.6 Å². The summed E-state index contributed by atoms with van der Waals surface area (Å²) < 4.78 is 41.2. The molecule has 2 aromatic carbocycles. The number of benzene rings is 2. The number of alkyl halides is 3. The number of hydrogen-bond acceptors (Lipinski definition) is 2. The van der Waals surface area contributed by atoms with Crippen LogP contribution < -0.4 is 0 Å². The third-order valence-electron chi connectivity index (χ3n) is 3.64. The minimum absolute atomic E-state index is 0.203. The highest BCUT2D eigenvalue weighted by molar-refractivity contribution is 5.92. The fourth-order valence-electron chi connectivity index (χ4n) is 2.59. The van der Waals surface area contributed by atoms with Gasteiger partial charge < -0.3 is 0 Å². The highest BCUT2D eigenvalue weighted by Crippen LogP contribution is 2.33. The molecule has 0 atom stereocenters. The van der Waals surface area contributed by atoms with E-state index >= 15 is 0 Å². The maximum absolute atomic E-state index is 13.5. The number of hydrogen-bond donors (Lipinski definition) is 0. The number of halogens is 3. The number of rotatable bonds is 1. The SMILES string of the molecule is FC(F)(F)c1cc(-c2ccccc2)nc2c3ccccc3nn12. The van der Waals surface area contributed by atoms with Crippen LogP contribution in [0.2, 0.25) is 0 Å². The van der Waals surface area contributed by atoms with Crippen molar-refractivity contribution >= 4 is 16.6 Å². The first-order valence-electron chi connectivity index (χ1n) is 6.95. The average Bonchev–Trinajstić information content (AvgIpc) is 2.92. The minimum atomic E-state index is -4.52. The lowest BCUT2D eigenvalue weighted by molar-refractivity contribution is -0.142. The van der Waals surface area contributed by atoms with Crippen LogP contribution in [-0.4, -0.2) is 14.6 Å². The molecule has 2 aromatic heterocycles. The first kappa shape index (κ1) is 13.8. The van der Waals surface area contributed by atoms with E-state index < -0.39 is 11.9 Å². The first-order chi connectivity index (χ1) is 11.0. The van der Waals surface area contributed by atoms with Crippen molar-refractivity contribution in [1.29, 1.82) is 0 Å². The van der Waals surface area contributed by atoms with Crippen molar-refractivity contribution in [1.82, 2.24) is 14.6 Å². The predicted molar refractivity (Wildman–Crippen MR) is 80.9 cm³/mol. The molecule has 0 amide bonds. The number of fused-ring (bicyclic) bond motifs is 3. The molecule has 0 fully saturated rings. The van der Waals surface area contributed by atoms with Gasteiger partial charge in [-0.05, 0) is 18.2 Å². The summed E-state index contributed by atoms with van der Waals surface area (Å²) in [5, 5.41) is 4.64. The van der Waals surface area contributed by atoms with Gasteiger partial charge in [0.05, 0.1) is 11.2 Å². The molecule has 4 aromatic rings. The van der Waals surface area contributed by atoms with E-state index in [0.29, 0.717) is 16.5 Å². The van der Waals surface area contributed by atoms with Crippen LogP contribution in [0.5, 0.6) is 0 Å². The highest BCUT2D eigenvalue weighted by atomic mass is 19.4. The Morgan fingerprint density at radius 1 is 0.870 bits per heavy atom. The van der Waals surface area contributed by atoms with Crippen LogP contribution in [0.1, 0.15) is 5.69 Å². The fraction of sp³-hybridized carbons (Fsp3) is 0.0588. The summed E-state index contributed by atoms with van der Waals surface area (Å²) >= 11 is 0. The summed E-state index contributed by atoms with van der Waals surface area (Å²) in [6.45, 7) is 0. The van der Waals surface area contributed by atoms with Gasteiger partial charge >= 0.3 is 6.18 Å². The van der Waals surface area contributed by atoms with Crippen LogP contribution in [0, 0.1) is 0 Å². The van der Waals surface area contributed by atoms with Crippen molar-refractivity contribution < 1.29 is 13.2 Å². The molecule has 114 valence electrons. The molecule has 0 N–H and O–H groups in total. The van der Waals surface area contributed by atoms with E-state index in [0.717, 1.165) is 10.6 Å². The molecule has 0 saturated heterocycles. The van der Waals surface area contributed by atoms with Crippen LogP contribution >= 0.6 is 0 Å². The summed E-state index contributed by atoms with van der Waals surface area (Å²) in [5.74, 6) is 0. The van der Waals surface area contributed by atoms with Crippen molar-refractivity contribution in [2.45, 2.75) is 6.18 Å². The molecule has 3 nitrogen and oxygen atoms in total. The molecule has 4 rings (SSSR count). The zero-order valence-corrected chi connectivity index (χ0v) is 11.7. The third-order valence-corrected chi connectivity index (χ3v) is 3.64. The van der Waals surface area contributed by atoms with Gasteiger partial charge in [-0.25, -0.2) is 9.50 Å². The summed E-state index contributed by atoms with van der Waals surface area (Å²) in [5.41, 5.74) is 0.754. The van der Waals surface area contributed by atoms with Gasteiger partial charge in [0.25, 0.3) is 0 Å². The van der Waals surface area contributed by atoms with Crippen molar-refractivity contribution in [3.8, 4) is 11.3 Å². The second-order valence-electron chi connectivity index (χ2n) is 5.14. The third kappa shape index (κ3) is 2.23. The average molecular weight is 313 g/mol. The van der Waals surface area contributed by atoms with Crippen LogP contribution in [0.3, 0.4) is 0 Å².